The van der Waals surface area contributed by atoms with E-state index in [-0.39, 0.29) is 0 Å². The van der Waals surface area contributed by atoms with Crippen LogP contribution >= 0.6 is 0 Å². The number of nitrogens with one attached hydrogen (secondary N) is 2. The van der Waals surface area contributed by atoms with Gasteiger partial charge in [0.1, 0.15) is 0 Å². The first-order valence-electron chi connectivity index (χ1n) is 12.7. The monoisotopic (exact) mass is 492 g/mol. The number of allylic oxidation sites excluding steroid dienone is 2. The first-order valence-corrected chi connectivity index (χ1v) is 12.7. The first-order chi connectivity index (χ1) is 18.1. The average molecular weight is 493 g/mol. The zero-order valence-electron chi connectivity index (χ0n) is 20.3. The van der Waals surface area contributed by atoms with Crippen molar-refractivity contribution in [1.82, 2.24) is 5.32 Å². The molecule has 186 valence electrons. The van der Waals surface area contributed by atoms with Gasteiger partial charge in [-0.05, 0) is 67.0 Å². The SMILES string of the molecule is O=C(Nc1ccccc1)NC1C(=O)N(CC2C[C@@H]3C=C[C@H]2C3)c2ccccc2N(c2ccccc2)C1=O. The van der Waals surface area contributed by atoms with Crippen LogP contribution in [0.1, 0.15) is 12.8 Å². The number of rotatable bonds is 5. The standard InChI is InChI=1S/C30H28N4O3/c35-28-27(32-30(37)31-23-9-3-1-4-10-23)29(36)34(24-11-5-2-6-12-24)26-14-8-7-13-25(26)33(28)19-22-18-20-15-16-21(22)17-20/h1-16,20-22,27H,17-19H2,(H2,31,32,37)/t20-,21+,22?,27?/m1/s1. The molecule has 2 N–H and O–H groups in total. The van der Waals surface area contributed by atoms with Gasteiger partial charge in [-0.25, -0.2) is 4.79 Å². The number of amides is 4. The van der Waals surface area contributed by atoms with E-state index in [1.807, 2.05) is 60.7 Å². The summed E-state index contributed by atoms with van der Waals surface area (Å²) >= 11 is 0. The van der Waals surface area contributed by atoms with Gasteiger partial charge in [-0.15, -0.1) is 0 Å². The Labute approximate surface area is 215 Å². The van der Waals surface area contributed by atoms with Gasteiger partial charge >= 0.3 is 6.03 Å². The predicted octanol–water partition coefficient (Wildman–Crippen LogP) is 5.10. The molecule has 2 unspecified atom stereocenters. The van der Waals surface area contributed by atoms with Crippen LogP contribution in [0.2, 0.25) is 0 Å². The number of anilines is 4. The fraction of sp³-hybridized carbons (Fsp3) is 0.233. The van der Waals surface area contributed by atoms with Crippen LogP contribution in [0.5, 0.6) is 0 Å². The normalized spacial score (nSPS) is 24.1. The summed E-state index contributed by atoms with van der Waals surface area (Å²) in [6.45, 7) is 0.496. The molecule has 3 aliphatic rings. The molecule has 7 nitrogen and oxygen atoms in total. The number of hydrogen-bond donors (Lipinski definition) is 2. The van der Waals surface area contributed by atoms with Crippen LogP contribution < -0.4 is 20.4 Å². The first kappa shape index (κ1) is 23.0. The molecule has 2 bridgehead atoms. The van der Waals surface area contributed by atoms with Crippen molar-refractivity contribution in [3.05, 3.63) is 97.1 Å². The minimum absolute atomic E-state index is 0.309. The quantitative estimate of drug-likeness (QED) is 0.384. The highest BCUT2D eigenvalue weighted by atomic mass is 16.2. The third kappa shape index (κ3) is 4.37. The molecule has 0 aromatic heterocycles. The Morgan fingerprint density at radius 3 is 2.14 bits per heavy atom. The van der Waals surface area contributed by atoms with E-state index in [1.54, 1.807) is 34.1 Å². The van der Waals surface area contributed by atoms with Gasteiger partial charge in [0.2, 0.25) is 0 Å². The van der Waals surface area contributed by atoms with Crippen LogP contribution in [-0.4, -0.2) is 30.4 Å². The van der Waals surface area contributed by atoms with Gasteiger partial charge in [0.25, 0.3) is 11.8 Å². The Hall–Kier alpha value is -4.39. The van der Waals surface area contributed by atoms with Crippen LogP contribution in [0.4, 0.5) is 27.5 Å². The highest BCUT2D eigenvalue weighted by molar-refractivity contribution is 6.24. The Morgan fingerprint density at radius 2 is 1.46 bits per heavy atom. The third-order valence-corrected chi connectivity index (χ3v) is 7.55. The summed E-state index contributed by atoms with van der Waals surface area (Å²) in [7, 11) is 0. The maximum absolute atomic E-state index is 14.1. The summed E-state index contributed by atoms with van der Waals surface area (Å²) in [5.74, 6) is 0.375. The van der Waals surface area contributed by atoms with Crippen molar-refractivity contribution in [3.8, 4) is 0 Å². The molecular formula is C30H28N4O3. The van der Waals surface area contributed by atoms with Crippen LogP contribution in [-0.2, 0) is 9.59 Å². The van der Waals surface area contributed by atoms with Crippen molar-refractivity contribution in [2.75, 3.05) is 21.7 Å². The highest BCUT2D eigenvalue weighted by Crippen LogP contribution is 2.45. The maximum Gasteiger partial charge on any atom is 0.320 e. The Bertz CT molecular complexity index is 1360. The summed E-state index contributed by atoms with van der Waals surface area (Å²) in [5, 5.41) is 5.42. The van der Waals surface area contributed by atoms with E-state index >= 15 is 0 Å². The third-order valence-electron chi connectivity index (χ3n) is 7.55. The lowest BCUT2D eigenvalue weighted by molar-refractivity contribution is -0.128. The Balaban J connectivity index is 1.38. The number of carbonyl (C=O) groups is 3. The molecule has 1 heterocycles. The van der Waals surface area contributed by atoms with E-state index in [9.17, 15) is 14.4 Å². The van der Waals surface area contributed by atoms with Crippen molar-refractivity contribution in [2.45, 2.75) is 18.9 Å². The molecule has 4 amide bonds. The van der Waals surface area contributed by atoms with Gasteiger partial charge in [0, 0.05) is 17.9 Å². The average Bonchev–Trinajstić information content (AvgIpc) is 3.53. The second-order valence-corrected chi connectivity index (χ2v) is 9.88. The summed E-state index contributed by atoms with van der Waals surface area (Å²) in [4.78, 5) is 44.4. The minimum Gasteiger partial charge on any atom is -0.318 e. The summed E-state index contributed by atoms with van der Waals surface area (Å²) in [5.41, 5.74) is 2.50. The topological polar surface area (TPSA) is 81.8 Å². The fourth-order valence-corrected chi connectivity index (χ4v) is 5.82. The largest absolute Gasteiger partial charge is 0.320 e. The molecule has 7 heteroatoms. The lowest BCUT2D eigenvalue weighted by Gasteiger charge is -2.30. The molecule has 1 aliphatic heterocycles. The number of fused-ring (bicyclic) bond motifs is 3. The summed E-state index contributed by atoms with van der Waals surface area (Å²) in [6.07, 6.45) is 6.68. The number of hydrogen-bond acceptors (Lipinski definition) is 3. The van der Waals surface area contributed by atoms with Gasteiger partial charge in [0.05, 0.1) is 11.4 Å². The van der Waals surface area contributed by atoms with Crippen LogP contribution in [0.25, 0.3) is 0 Å². The van der Waals surface area contributed by atoms with Gasteiger partial charge < -0.3 is 15.5 Å². The zero-order valence-corrected chi connectivity index (χ0v) is 20.3. The number of urea groups is 1. The van der Waals surface area contributed by atoms with E-state index in [0.29, 0.717) is 47.0 Å². The molecule has 0 radical (unpaired) electrons. The van der Waals surface area contributed by atoms with Gasteiger partial charge in [0.15, 0.2) is 6.04 Å². The molecule has 2 aliphatic carbocycles. The van der Waals surface area contributed by atoms with E-state index < -0.39 is 23.9 Å². The predicted molar refractivity (Wildman–Crippen MR) is 144 cm³/mol. The highest BCUT2D eigenvalue weighted by Gasteiger charge is 2.44. The van der Waals surface area contributed by atoms with E-state index in [4.69, 9.17) is 0 Å². The molecule has 4 atom stereocenters. The van der Waals surface area contributed by atoms with Crippen molar-refractivity contribution < 1.29 is 14.4 Å². The molecule has 3 aromatic rings. The van der Waals surface area contributed by atoms with Crippen LogP contribution in [0.15, 0.2) is 97.1 Å². The molecule has 0 saturated heterocycles. The molecule has 1 saturated carbocycles. The van der Waals surface area contributed by atoms with E-state index in [2.05, 4.69) is 22.8 Å². The molecule has 3 aromatic carbocycles. The van der Waals surface area contributed by atoms with Crippen molar-refractivity contribution in [2.24, 2.45) is 17.8 Å². The van der Waals surface area contributed by atoms with Crippen LogP contribution in [0, 0.1) is 17.8 Å². The summed E-state index contributed by atoms with van der Waals surface area (Å²) in [6, 6.07) is 23.7. The van der Waals surface area contributed by atoms with Crippen molar-refractivity contribution in [3.63, 3.8) is 0 Å². The fourth-order valence-electron chi connectivity index (χ4n) is 5.82. The smallest absolute Gasteiger partial charge is 0.318 e. The maximum atomic E-state index is 14.1. The lowest BCUT2D eigenvalue weighted by atomic mass is 9.92. The van der Waals surface area contributed by atoms with Gasteiger partial charge in [-0.3, -0.25) is 14.5 Å². The molecule has 1 fully saturated rings. The summed E-state index contributed by atoms with van der Waals surface area (Å²) < 4.78 is 0. The molecule has 37 heavy (non-hydrogen) atoms. The number of carbonyl (C=O) groups excluding carboxylic acids is 3. The Morgan fingerprint density at radius 1 is 0.784 bits per heavy atom. The van der Waals surface area contributed by atoms with Gasteiger partial charge in [-0.1, -0.05) is 60.7 Å². The number of nitrogens with zero attached hydrogens (tertiary/aromatic N) is 2. The van der Waals surface area contributed by atoms with Gasteiger partial charge in [-0.2, -0.15) is 0 Å². The Kier molecular flexibility index (Phi) is 5.96. The number of para-hydroxylation sites is 4. The zero-order chi connectivity index (χ0) is 25.4. The molecule has 0 spiro atoms. The molecule has 6 rings (SSSR count). The van der Waals surface area contributed by atoms with E-state index in [0.717, 1.165) is 12.8 Å². The van der Waals surface area contributed by atoms with Crippen LogP contribution in [0.3, 0.4) is 0 Å². The van der Waals surface area contributed by atoms with Crippen molar-refractivity contribution in [1.29, 1.82) is 0 Å². The second kappa shape index (κ2) is 9.58. The molecular weight excluding hydrogens is 464 g/mol. The minimum atomic E-state index is -1.38. The van der Waals surface area contributed by atoms with Crippen molar-refractivity contribution >= 4 is 40.6 Å². The lowest BCUT2D eigenvalue weighted by Crippen LogP contribution is -2.56. The number of benzene rings is 3. The second-order valence-electron chi connectivity index (χ2n) is 9.88. The van der Waals surface area contributed by atoms with E-state index in [1.165, 1.54) is 0 Å².